The highest BCUT2D eigenvalue weighted by Crippen LogP contribution is 2.31. The number of hydrogen-bond acceptors (Lipinski definition) is 5. The molecule has 1 fully saturated rings. The summed E-state index contributed by atoms with van der Waals surface area (Å²) in [5.41, 5.74) is 7.64. The number of sulfonamides is 1. The second-order valence-corrected chi connectivity index (χ2v) is 12.6. The number of nitrogens with one attached hydrogen (secondary N) is 1. The van der Waals surface area contributed by atoms with Gasteiger partial charge < -0.3 is 0 Å². The first-order valence-corrected chi connectivity index (χ1v) is 15.8. The average Bonchev–Trinajstić information content (AvgIpc) is 3.01. The topological polar surface area (TPSA) is 75.2 Å². The first-order valence-electron chi connectivity index (χ1n) is 14.2. The van der Waals surface area contributed by atoms with E-state index in [0.717, 1.165) is 71.6 Å². The Morgan fingerprint density at radius 1 is 0.707 bits per heavy atom. The van der Waals surface area contributed by atoms with E-state index in [0.29, 0.717) is 12.5 Å². The molecule has 6 nitrogen and oxygen atoms in total. The van der Waals surface area contributed by atoms with Crippen molar-refractivity contribution in [2.45, 2.75) is 25.1 Å². The van der Waals surface area contributed by atoms with Gasteiger partial charge in [0.05, 0.1) is 28.2 Å². The van der Waals surface area contributed by atoms with E-state index >= 15 is 0 Å². The zero-order chi connectivity index (χ0) is 28.1. The molecule has 1 N–H and O–H groups in total. The molecule has 5 aromatic rings. The third-order valence-electron chi connectivity index (χ3n) is 7.65. The quantitative estimate of drug-likeness (QED) is 0.228. The van der Waals surface area contributed by atoms with Gasteiger partial charge in [0.1, 0.15) is 0 Å². The van der Waals surface area contributed by atoms with Crippen LogP contribution in [0.25, 0.3) is 33.5 Å². The molecular formula is C34H34N4O2S. The Hall–Kier alpha value is -3.91. The van der Waals surface area contributed by atoms with Gasteiger partial charge in [0, 0.05) is 30.8 Å². The molecule has 6 rings (SSSR count). The van der Waals surface area contributed by atoms with E-state index in [2.05, 4.69) is 46.0 Å². The van der Waals surface area contributed by atoms with Gasteiger partial charge in [-0.1, -0.05) is 97.1 Å². The van der Waals surface area contributed by atoms with Crippen molar-refractivity contribution in [3.05, 3.63) is 120 Å². The van der Waals surface area contributed by atoms with Gasteiger partial charge in [-0.3, -0.25) is 4.90 Å². The molecule has 0 saturated carbocycles. The number of hydrogen-bond donors (Lipinski definition) is 1. The molecule has 0 spiro atoms. The number of para-hydroxylation sites is 2. The molecule has 1 aliphatic heterocycles. The van der Waals surface area contributed by atoms with Crippen LogP contribution in [0.2, 0.25) is 0 Å². The van der Waals surface area contributed by atoms with E-state index in [1.165, 1.54) is 5.56 Å². The number of fused-ring (bicyclic) bond motifs is 1. The van der Waals surface area contributed by atoms with Crippen molar-refractivity contribution in [1.29, 1.82) is 0 Å². The molecule has 1 saturated heterocycles. The fraction of sp³-hybridized carbons (Fsp3) is 0.235. The third-order valence-corrected chi connectivity index (χ3v) is 8.97. The number of benzene rings is 4. The molecular weight excluding hydrogens is 528 g/mol. The molecule has 7 heteroatoms. The third kappa shape index (κ3) is 6.88. The molecule has 1 atom stereocenters. The van der Waals surface area contributed by atoms with Crippen molar-refractivity contribution in [2.24, 2.45) is 5.92 Å². The zero-order valence-electron chi connectivity index (χ0n) is 23.0. The van der Waals surface area contributed by atoms with Crippen molar-refractivity contribution < 1.29 is 8.42 Å². The maximum atomic E-state index is 12.6. The number of rotatable bonds is 9. The van der Waals surface area contributed by atoms with Gasteiger partial charge in [0.25, 0.3) is 0 Å². The SMILES string of the molecule is O=S(=O)(Cc1ccccc1)NCC1CCCN(Cc2ccc(-c3nc4ccccc4nc3-c3ccccc3)cc2)C1. The van der Waals surface area contributed by atoms with Gasteiger partial charge in [-0.05, 0) is 48.6 Å². The number of nitrogens with zero attached hydrogens (tertiary/aromatic N) is 3. The van der Waals surface area contributed by atoms with E-state index in [1.54, 1.807) is 0 Å². The Labute approximate surface area is 242 Å². The summed E-state index contributed by atoms with van der Waals surface area (Å²) in [4.78, 5) is 12.4. The maximum Gasteiger partial charge on any atom is 0.215 e. The number of likely N-dealkylation sites (tertiary alicyclic amines) is 1. The molecule has 0 aliphatic carbocycles. The molecule has 0 radical (unpaired) electrons. The summed E-state index contributed by atoms with van der Waals surface area (Å²) in [7, 11) is -3.36. The summed E-state index contributed by atoms with van der Waals surface area (Å²) >= 11 is 0. The first kappa shape index (κ1) is 27.3. The smallest absolute Gasteiger partial charge is 0.215 e. The molecule has 4 aromatic carbocycles. The Balaban J connectivity index is 1.13. The van der Waals surface area contributed by atoms with Crippen LogP contribution in [0.1, 0.15) is 24.0 Å². The van der Waals surface area contributed by atoms with Crippen molar-refractivity contribution in [3.63, 3.8) is 0 Å². The predicted octanol–water partition coefficient (Wildman–Crippen LogP) is 6.30. The summed E-state index contributed by atoms with van der Waals surface area (Å²) in [6.07, 6.45) is 2.10. The summed E-state index contributed by atoms with van der Waals surface area (Å²) in [6.45, 7) is 3.21. The standard InChI is InChI=1S/C34H34N4O2S/c39-41(40,25-27-10-3-1-4-11-27)35-22-28-12-9-21-38(24-28)23-26-17-19-30(20-18-26)34-33(29-13-5-2-6-14-29)36-31-15-7-8-16-32(31)37-34/h1-8,10-11,13-20,28,35H,9,12,21-25H2. The highest BCUT2D eigenvalue weighted by molar-refractivity contribution is 7.88. The Morgan fingerprint density at radius 3 is 1.95 bits per heavy atom. The van der Waals surface area contributed by atoms with Gasteiger partial charge in [0.15, 0.2) is 0 Å². The van der Waals surface area contributed by atoms with Gasteiger partial charge >= 0.3 is 0 Å². The Kier molecular flexibility index (Phi) is 8.19. The highest BCUT2D eigenvalue weighted by atomic mass is 32.2. The van der Waals surface area contributed by atoms with Gasteiger partial charge in [0.2, 0.25) is 10.0 Å². The zero-order valence-corrected chi connectivity index (χ0v) is 23.8. The minimum atomic E-state index is -3.36. The molecule has 208 valence electrons. The second-order valence-electron chi connectivity index (χ2n) is 10.8. The van der Waals surface area contributed by atoms with Crippen molar-refractivity contribution >= 4 is 21.1 Å². The largest absolute Gasteiger partial charge is 0.299 e. The Morgan fingerprint density at radius 2 is 1.29 bits per heavy atom. The van der Waals surface area contributed by atoms with Crippen LogP contribution in [0.15, 0.2) is 109 Å². The molecule has 0 amide bonds. The fourth-order valence-electron chi connectivity index (χ4n) is 5.58. The van der Waals surface area contributed by atoms with Crippen LogP contribution in [0, 0.1) is 5.92 Å². The lowest BCUT2D eigenvalue weighted by atomic mass is 9.97. The summed E-state index contributed by atoms with van der Waals surface area (Å²) in [5, 5.41) is 0. The number of aromatic nitrogens is 2. The lowest BCUT2D eigenvalue weighted by Gasteiger charge is -2.32. The van der Waals surface area contributed by atoms with E-state index in [1.807, 2.05) is 72.8 Å². The average molecular weight is 563 g/mol. The van der Waals surface area contributed by atoms with Crippen molar-refractivity contribution in [2.75, 3.05) is 19.6 Å². The van der Waals surface area contributed by atoms with Gasteiger partial charge in [-0.2, -0.15) is 0 Å². The summed E-state index contributed by atoms with van der Waals surface area (Å²) in [5.74, 6) is 0.319. The van der Waals surface area contributed by atoms with Crippen LogP contribution in [0.3, 0.4) is 0 Å². The molecule has 1 aliphatic rings. The summed E-state index contributed by atoms with van der Waals surface area (Å²) < 4.78 is 28.1. The van der Waals surface area contributed by atoms with Crippen molar-refractivity contribution in [3.8, 4) is 22.5 Å². The Bertz CT molecular complexity index is 1710. The fourth-order valence-corrected chi connectivity index (χ4v) is 6.80. The minimum absolute atomic E-state index is 0.0181. The van der Waals surface area contributed by atoms with Crippen LogP contribution in [-0.4, -0.2) is 42.9 Å². The minimum Gasteiger partial charge on any atom is -0.299 e. The lowest BCUT2D eigenvalue weighted by Crippen LogP contribution is -2.40. The monoisotopic (exact) mass is 562 g/mol. The van der Waals surface area contributed by atoms with Crippen LogP contribution in [-0.2, 0) is 22.3 Å². The molecule has 1 unspecified atom stereocenters. The van der Waals surface area contributed by atoms with Crippen LogP contribution in [0.4, 0.5) is 0 Å². The van der Waals surface area contributed by atoms with E-state index in [4.69, 9.17) is 9.97 Å². The first-order chi connectivity index (χ1) is 20.0. The van der Waals surface area contributed by atoms with Crippen LogP contribution >= 0.6 is 0 Å². The van der Waals surface area contributed by atoms with E-state index in [9.17, 15) is 8.42 Å². The van der Waals surface area contributed by atoms with Gasteiger partial charge in [-0.25, -0.2) is 23.1 Å². The van der Waals surface area contributed by atoms with E-state index in [-0.39, 0.29) is 5.75 Å². The van der Waals surface area contributed by atoms with Crippen molar-refractivity contribution in [1.82, 2.24) is 19.6 Å². The molecule has 1 aromatic heterocycles. The predicted molar refractivity (Wildman–Crippen MR) is 165 cm³/mol. The number of piperidine rings is 1. The normalized spacial score (nSPS) is 16.1. The second kappa shape index (κ2) is 12.3. The summed E-state index contributed by atoms with van der Waals surface area (Å²) in [6, 6.07) is 36.2. The van der Waals surface area contributed by atoms with Crippen LogP contribution in [0.5, 0.6) is 0 Å². The maximum absolute atomic E-state index is 12.6. The lowest BCUT2D eigenvalue weighted by molar-refractivity contribution is 0.169. The molecule has 2 heterocycles. The van der Waals surface area contributed by atoms with E-state index < -0.39 is 10.0 Å². The van der Waals surface area contributed by atoms with Gasteiger partial charge in [-0.15, -0.1) is 0 Å². The molecule has 41 heavy (non-hydrogen) atoms. The highest BCUT2D eigenvalue weighted by Gasteiger charge is 2.22. The molecule has 0 bridgehead atoms. The van der Waals surface area contributed by atoms with Crippen LogP contribution < -0.4 is 4.72 Å².